The van der Waals surface area contributed by atoms with Crippen LogP contribution in [0.15, 0.2) is 59.5 Å². The number of nitrogens with one attached hydrogen (secondary N) is 2. The second kappa shape index (κ2) is 11.2. The molecule has 0 aliphatic carbocycles. The standard InChI is InChI=1S/C23H27FN4O4S/c1-28(13-4-7-20-16-22(27-26-20)18-5-3-6-19(24)15-18)23(29)17-8-10-21(11-9-17)33(30,31)25-12-14-32-2/h3,5-6,8-11,15-16,25H,4,7,12-14H2,1-2H3,(H,26,27). The largest absolute Gasteiger partial charge is 0.383 e. The van der Waals surface area contributed by atoms with Gasteiger partial charge in [0.2, 0.25) is 10.0 Å². The molecule has 2 aromatic carbocycles. The minimum atomic E-state index is -3.65. The maximum absolute atomic E-state index is 13.4. The van der Waals surface area contributed by atoms with Crippen molar-refractivity contribution in [3.8, 4) is 11.3 Å². The van der Waals surface area contributed by atoms with Crippen molar-refractivity contribution in [1.82, 2.24) is 19.8 Å². The van der Waals surface area contributed by atoms with Gasteiger partial charge >= 0.3 is 0 Å². The number of benzene rings is 2. The summed E-state index contributed by atoms with van der Waals surface area (Å²) in [7, 11) is -0.456. The minimum absolute atomic E-state index is 0.0890. The fourth-order valence-electron chi connectivity index (χ4n) is 3.25. The van der Waals surface area contributed by atoms with Gasteiger partial charge in [0, 0.05) is 44.1 Å². The van der Waals surface area contributed by atoms with Gasteiger partial charge in [0.25, 0.3) is 5.91 Å². The molecule has 3 rings (SSSR count). The zero-order valence-corrected chi connectivity index (χ0v) is 19.4. The van der Waals surface area contributed by atoms with Crippen molar-refractivity contribution in [1.29, 1.82) is 0 Å². The molecule has 3 aromatic rings. The molecule has 1 amide bonds. The van der Waals surface area contributed by atoms with Crippen LogP contribution in [-0.4, -0.2) is 63.3 Å². The van der Waals surface area contributed by atoms with E-state index in [9.17, 15) is 17.6 Å². The Morgan fingerprint density at radius 2 is 1.94 bits per heavy atom. The number of hydrogen-bond donors (Lipinski definition) is 2. The average Bonchev–Trinajstić information content (AvgIpc) is 3.28. The summed E-state index contributed by atoms with van der Waals surface area (Å²) in [5.41, 5.74) is 2.67. The monoisotopic (exact) mass is 474 g/mol. The Labute approximate surface area is 192 Å². The number of carbonyl (C=O) groups excluding carboxylic acids is 1. The van der Waals surface area contributed by atoms with Crippen LogP contribution in [0.4, 0.5) is 4.39 Å². The second-order valence-corrected chi connectivity index (χ2v) is 9.30. The molecule has 0 saturated heterocycles. The molecule has 8 nitrogen and oxygen atoms in total. The van der Waals surface area contributed by atoms with Gasteiger partial charge in [-0.15, -0.1) is 0 Å². The second-order valence-electron chi connectivity index (χ2n) is 7.53. The van der Waals surface area contributed by atoms with Crippen LogP contribution in [0.2, 0.25) is 0 Å². The lowest BCUT2D eigenvalue weighted by Gasteiger charge is -2.17. The number of amides is 1. The third-order valence-electron chi connectivity index (χ3n) is 5.05. The molecule has 0 unspecified atom stereocenters. The van der Waals surface area contributed by atoms with Crippen molar-refractivity contribution in [2.45, 2.75) is 17.7 Å². The summed E-state index contributed by atoms with van der Waals surface area (Å²) < 4.78 is 45.1. The number of hydrogen-bond acceptors (Lipinski definition) is 5. The Hall–Kier alpha value is -3.08. The quantitative estimate of drug-likeness (QED) is 0.416. The number of aromatic nitrogens is 2. The van der Waals surface area contributed by atoms with Gasteiger partial charge in [-0.2, -0.15) is 5.10 Å². The topological polar surface area (TPSA) is 104 Å². The Morgan fingerprint density at radius 1 is 1.18 bits per heavy atom. The molecule has 33 heavy (non-hydrogen) atoms. The van der Waals surface area contributed by atoms with Gasteiger partial charge in [0.1, 0.15) is 5.82 Å². The van der Waals surface area contributed by atoms with E-state index in [0.717, 1.165) is 5.69 Å². The van der Waals surface area contributed by atoms with Crippen molar-refractivity contribution >= 4 is 15.9 Å². The molecule has 1 aromatic heterocycles. The number of aryl methyl sites for hydroxylation is 1. The van der Waals surface area contributed by atoms with Crippen LogP contribution < -0.4 is 4.72 Å². The molecule has 0 radical (unpaired) electrons. The summed E-state index contributed by atoms with van der Waals surface area (Å²) in [6.45, 7) is 0.944. The summed E-state index contributed by atoms with van der Waals surface area (Å²) in [5.74, 6) is -0.512. The van der Waals surface area contributed by atoms with Crippen LogP contribution in [0.1, 0.15) is 22.5 Å². The number of aromatic amines is 1. The number of carbonyl (C=O) groups is 1. The molecule has 1 heterocycles. The predicted octanol–water partition coefficient (Wildman–Crippen LogP) is 2.85. The van der Waals surface area contributed by atoms with E-state index in [4.69, 9.17) is 4.74 Å². The smallest absolute Gasteiger partial charge is 0.253 e. The summed E-state index contributed by atoms with van der Waals surface area (Å²) in [6, 6.07) is 13.9. The minimum Gasteiger partial charge on any atom is -0.383 e. The van der Waals surface area contributed by atoms with Gasteiger partial charge in [0.05, 0.1) is 17.2 Å². The zero-order valence-electron chi connectivity index (χ0n) is 18.5. The Morgan fingerprint density at radius 3 is 2.64 bits per heavy atom. The van der Waals surface area contributed by atoms with Crippen molar-refractivity contribution in [2.24, 2.45) is 0 Å². The van der Waals surface area contributed by atoms with E-state index < -0.39 is 10.0 Å². The summed E-state index contributed by atoms with van der Waals surface area (Å²) >= 11 is 0. The summed E-state index contributed by atoms with van der Waals surface area (Å²) in [5, 5.41) is 7.18. The number of halogens is 1. The molecule has 2 N–H and O–H groups in total. The van der Waals surface area contributed by atoms with E-state index in [0.29, 0.717) is 36.2 Å². The van der Waals surface area contributed by atoms with Crippen LogP contribution in [0.3, 0.4) is 0 Å². The SMILES string of the molecule is COCCNS(=O)(=O)c1ccc(C(=O)N(C)CCCc2cc(-c3cccc(F)c3)n[nH]2)cc1. The lowest BCUT2D eigenvalue weighted by molar-refractivity contribution is 0.0793. The van der Waals surface area contributed by atoms with Gasteiger partial charge in [-0.25, -0.2) is 17.5 Å². The zero-order chi connectivity index (χ0) is 23.8. The van der Waals surface area contributed by atoms with Crippen LogP contribution in [-0.2, 0) is 21.2 Å². The van der Waals surface area contributed by atoms with Gasteiger partial charge in [-0.05, 0) is 55.3 Å². The van der Waals surface area contributed by atoms with Crippen molar-refractivity contribution in [3.05, 3.63) is 71.7 Å². The van der Waals surface area contributed by atoms with Crippen molar-refractivity contribution in [3.63, 3.8) is 0 Å². The highest BCUT2D eigenvalue weighted by molar-refractivity contribution is 7.89. The molecule has 0 aliphatic heterocycles. The summed E-state index contributed by atoms with van der Waals surface area (Å²) in [4.78, 5) is 14.3. The van der Waals surface area contributed by atoms with E-state index in [1.807, 2.05) is 6.07 Å². The Bertz CT molecular complexity index is 1180. The maximum Gasteiger partial charge on any atom is 0.253 e. The number of sulfonamides is 1. The third-order valence-corrected chi connectivity index (χ3v) is 6.52. The normalized spacial score (nSPS) is 11.5. The molecular formula is C23H27FN4O4S. The maximum atomic E-state index is 13.4. The third kappa shape index (κ3) is 6.70. The van der Waals surface area contributed by atoms with Crippen molar-refractivity contribution < 1.29 is 22.3 Å². The van der Waals surface area contributed by atoms with E-state index in [1.54, 1.807) is 24.1 Å². The lowest BCUT2D eigenvalue weighted by atomic mass is 10.1. The molecule has 176 valence electrons. The first-order valence-corrected chi connectivity index (χ1v) is 11.9. The average molecular weight is 475 g/mol. The fourth-order valence-corrected chi connectivity index (χ4v) is 4.27. The number of methoxy groups -OCH3 is 1. The first kappa shape index (κ1) is 24.6. The fraction of sp³-hybridized carbons (Fsp3) is 0.304. The van der Waals surface area contributed by atoms with Gasteiger partial charge < -0.3 is 9.64 Å². The molecule has 0 fully saturated rings. The molecule has 10 heteroatoms. The molecule has 0 spiro atoms. The first-order valence-electron chi connectivity index (χ1n) is 10.4. The van der Waals surface area contributed by atoms with Crippen molar-refractivity contribution in [2.75, 3.05) is 33.9 Å². The molecule has 0 saturated carbocycles. The van der Waals surface area contributed by atoms with Crippen LogP contribution in [0, 0.1) is 5.82 Å². The van der Waals surface area contributed by atoms with E-state index in [1.165, 1.54) is 43.5 Å². The van der Waals surface area contributed by atoms with E-state index in [2.05, 4.69) is 14.9 Å². The van der Waals surface area contributed by atoms with E-state index >= 15 is 0 Å². The number of nitrogens with zero attached hydrogens (tertiary/aromatic N) is 2. The van der Waals surface area contributed by atoms with E-state index in [-0.39, 0.29) is 29.8 Å². The number of ether oxygens (including phenoxy) is 1. The van der Waals surface area contributed by atoms with Crippen LogP contribution >= 0.6 is 0 Å². The van der Waals surface area contributed by atoms with Gasteiger partial charge in [0.15, 0.2) is 0 Å². The molecule has 0 aliphatic rings. The van der Waals surface area contributed by atoms with Crippen LogP contribution in [0.25, 0.3) is 11.3 Å². The molecule has 0 bridgehead atoms. The van der Waals surface area contributed by atoms with Crippen LogP contribution in [0.5, 0.6) is 0 Å². The lowest BCUT2D eigenvalue weighted by Crippen LogP contribution is -2.29. The molecular weight excluding hydrogens is 447 g/mol. The predicted molar refractivity (Wildman–Crippen MR) is 123 cm³/mol. The highest BCUT2D eigenvalue weighted by atomic mass is 32.2. The number of H-pyrrole nitrogens is 1. The Balaban J connectivity index is 1.52. The molecule has 0 atom stereocenters. The first-order chi connectivity index (χ1) is 15.8. The van der Waals surface area contributed by atoms with Gasteiger partial charge in [-0.3, -0.25) is 9.89 Å². The highest BCUT2D eigenvalue weighted by Gasteiger charge is 2.16. The van der Waals surface area contributed by atoms with Gasteiger partial charge in [-0.1, -0.05) is 12.1 Å². The summed E-state index contributed by atoms with van der Waals surface area (Å²) in [6.07, 6.45) is 1.37. The highest BCUT2D eigenvalue weighted by Crippen LogP contribution is 2.19. The number of rotatable bonds is 11. The Kier molecular flexibility index (Phi) is 8.32.